The Bertz CT molecular complexity index is 606. The quantitative estimate of drug-likeness (QED) is 0.631. The zero-order valence-electron chi connectivity index (χ0n) is 13.1. The molecule has 1 heterocycles. The second-order valence-electron chi connectivity index (χ2n) is 5.69. The molecule has 0 saturated carbocycles. The molecule has 4 N–H and O–H groups in total. The fourth-order valence-corrected chi connectivity index (χ4v) is 2.15. The monoisotopic (exact) mass is 318 g/mol. The van der Waals surface area contributed by atoms with E-state index in [1.54, 1.807) is 25.3 Å². The lowest BCUT2D eigenvalue weighted by atomic mass is 10.0. The first kappa shape index (κ1) is 17.1. The molecule has 0 saturated heterocycles. The second-order valence-corrected chi connectivity index (χ2v) is 5.69. The van der Waals surface area contributed by atoms with Gasteiger partial charge in [0, 0.05) is 24.4 Å². The van der Waals surface area contributed by atoms with Crippen molar-refractivity contribution in [1.82, 2.24) is 5.32 Å². The molecule has 2 rings (SSSR count). The summed E-state index contributed by atoms with van der Waals surface area (Å²) in [5, 5.41) is 24.1. The maximum atomic E-state index is 11.8. The normalized spacial score (nSPS) is 13.3. The largest absolute Gasteiger partial charge is 0.464 e. The number of furan rings is 1. The van der Waals surface area contributed by atoms with Crippen LogP contribution in [0.4, 0.5) is 10.5 Å². The Morgan fingerprint density at radius 1 is 1.26 bits per heavy atom. The zero-order valence-corrected chi connectivity index (χ0v) is 13.1. The third-order valence-corrected chi connectivity index (χ3v) is 3.45. The van der Waals surface area contributed by atoms with Crippen LogP contribution in [0.5, 0.6) is 0 Å². The van der Waals surface area contributed by atoms with Crippen LogP contribution in [0, 0.1) is 0 Å². The van der Waals surface area contributed by atoms with Gasteiger partial charge in [0.25, 0.3) is 0 Å². The number of nitrogens with one attached hydrogen (secondary N) is 2. The van der Waals surface area contributed by atoms with E-state index in [1.807, 2.05) is 24.3 Å². The highest BCUT2D eigenvalue weighted by molar-refractivity contribution is 5.89. The molecule has 0 bridgehead atoms. The lowest BCUT2D eigenvalue weighted by molar-refractivity contribution is 0.0464. The van der Waals surface area contributed by atoms with Crippen LogP contribution < -0.4 is 10.6 Å². The number of carbonyl (C=O) groups excluding carboxylic acids is 1. The highest BCUT2D eigenvalue weighted by atomic mass is 16.3. The molecule has 2 amide bonds. The molecule has 2 aromatic rings. The Morgan fingerprint density at radius 3 is 2.61 bits per heavy atom. The first-order chi connectivity index (χ1) is 11.0. The Labute approximate surface area is 135 Å². The van der Waals surface area contributed by atoms with Crippen LogP contribution in [-0.2, 0) is 0 Å². The van der Waals surface area contributed by atoms with Crippen molar-refractivity contribution in [2.45, 2.75) is 25.4 Å². The molecule has 1 aromatic heterocycles. The molecular formula is C17H22N2O4. The Hall–Kier alpha value is -2.31. The van der Waals surface area contributed by atoms with Gasteiger partial charge in [0.2, 0.25) is 0 Å². The third kappa shape index (κ3) is 5.43. The predicted molar refractivity (Wildman–Crippen MR) is 88.1 cm³/mol. The summed E-state index contributed by atoms with van der Waals surface area (Å²) in [5.74, 6) is 0.765. The first-order valence-corrected chi connectivity index (χ1v) is 7.52. The van der Waals surface area contributed by atoms with E-state index in [0.29, 0.717) is 18.5 Å². The molecule has 1 aromatic carbocycles. The standard InChI is InChI=1S/C17H22N2O4/c1-17(22,9-3-10-20)12-18-16(21)19-14-7-5-13(6-8-14)15-4-2-11-23-15/h2,4-8,11,20,22H,3,9-10,12H2,1H3,(H2,18,19,21). The van der Waals surface area contributed by atoms with Crippen LogP contribution in [0.2, 0.25) is 0 Å². The molecule has 0 radical (unpaired) electrons. The Kier molecular flexibility index (Phi) is 5.78. The summed E-state index contributed by atoms with van der Waals surface area (Å²) >= 11 is 0. The fourth-order valence-electron chi connectivity index (χ4n) is 2.15. The van der Waals surface area contributed by atoms with Crippen molar-refractivity contribution in [3.05, 3.63) is 42.7 Å². The SMILES string of the molecule is CC(O)(CCCO)CNC(=O)Nc1ccc(-c2ccco2)cc1. The van der Waals surface area contributed by atoms with Crippen molar-refractivity contribution in [3.8, 4) is 11.3 Å². The van der Waals surface area contributed by atoms with Gasteiger partial charge in [-0.2, -0.15) is 0 Å². The van der Waals surface area contributed by atoms with E-state index >= 15 is 0 Å². The van der Waals surface area contributed by atoms with Gasteiger partial charge in [-0.15, -0.1) is 0 Å². The number of anilines is 1. The summed E-state index contributed by atoms with van der Waals surface area (Å²) in [6, 6.07) is 10.6. The summed E-state index contributed by atoms with van der Waals surface area (Å²) < 4.78 is 5.30. The topological polar surface area (TPSA) is 94.7 Å². The summed E-state index contributed by atoms with van der Waals surface area (Å²) in [5.41, 5.74) is 0.532. The average Bonchev–Trinajstić information content (AvgIpc) is 3.06. The molecule has 1 unspecified atom stereocenters. The van der Waals surface area contributed by atoms with Gasteiger partial charge in [0.15, 0.2) is 0 Å². The number of aliphatic hydroxyl groups is 2. The Balaban J connectivity index is 1.83. The minimum absolute atomic E-state index is 0.0182. The van der Waals surface area contributed by atoms with E-state index in [1.165, 1.54) is 0 Å². The number of aliphatic hydroxyl groups excluding tert-OH is 1. The lowest BCUT2D eigenvalue weighted by Crippen LogP contribution is -2.42. The van der Waals surface area contributed by atoms with Gasteiger partial charge in [0.1, 0.15) is 5.76 Å². The number of carbonyl (C=O) groups is 1. The molecule has 124 valence electrons. The van der Waals surface area contributed by atoms with Crippen molar-refractivity contribution < 1.29 is 19.4 Å². The number of hydrogen-bond donors (Lipinski definition) is 4. The van der Waals surface area contributed by atoms with Gasteiger partial charge in [-0.3, -0.25) is 0 Å². The molecule has 0 aliphatic carbocycles. The number of rotatable bonds is 7. The van der Waals surface area contributed by atoms with Crippen molar-refractivity contribution in [1.29, 1.82) is 0 Å². The number of hydrogen-bond acceptors (Lipinski definition) is 4. The van der Waals surface area contributed by atoms with Crippen molar-refractivity contribution in [2.75, 3.05) is 18.5 Å². The highest BCUT2D eigenvalue weighted by Crippen LogP contribution is 2.21. The Morgan fingerprint density at radius 2 is 2.00 bits per heavy atom. The predicted octanol–water partition coefficient (Wildman–Crippen LogP) is 2.59. The van der Waals surface area contributed by atoms with Crippen LogP contribution in [0.3, 0.4) is 0 Å². The molecule has 6 nitrogen and oxygen atoms in total. The van der Waals surface area contributed by atoms with Gasteiger partial charge in [-0.05, 0) is 56.2 Å². The second kappa shape index (κ2) is 7.80. The molecule has 23 heavy (non-hydrogen) atoms. The number of urea groups is 1. The average molecular weight is 318 g/mol. The number of amides is 2. The van der Waals surface area contributed by atoms with E-state index in [-0.39, 0.29) is 19.2 Å². The van der Waals surface area contributed by atoms with Crippen molar-refractivity contribution in [2.24, 2.45) is 0 Å². The van der Waals surface area contributed by atoms with Gasteiger partial charge in [-0.1, -0.05) is 0 Å². The van der Waals surface area contributed by atoms with Gasteiger partial charge in [0.05, 0.1) is 11.9 Å². The minimum Gasteiger partial charge on any atom is -0.464 e. The molecule has 1 atom stereocenters. The molecule has 0 fully saturated rings. The molecule has 0 aliphatic heterocycles. The van der Waals surface area contributed by atoms with Gasteiger partial charge < -0.3 is 25.3 Å². The van der Waals surface area contributed by atoms with Crippen molar-refractivity contribution >= 4 is 11.7 Å². The summed E-state index contributed by atoms with van der Waals surface area (Å²) in [6.07, 6.45) is 2.52. The molecule has 0 aliphatic rings. The van der Waals surface area contributed by atoms with E-state index in [0.717, 1.165) is 11.3 Å². The van der Waals surface area contributed by atoms with Crippen LogP contribution in [-0.4, -0.2) is 35.0 Å². The summed E-state index contributed by atoms with van der Waals surface area (Å²) in [6.45, 7) is 1.76. The first-order valence-electron chi connectivity index (χ1n) is 7.52. The molecule has 6 heteroatoms. The number of benzene rings is 1. The van der Waals surface area contributed by atoms with Gasteiger partial charge >= 0.3 is 6.03 Å². The van der Waals surface area contributed by atoms with Crippen LogP contribution in [0.15, 0.2) is 47.1 Å². The summed E-state index contributed by atoms with van der Waals surface area (Å²) in [4.78, 5) is 11.8. The maximum absolute atomic E-state index is 11.8. The van der Waals surface area contributed by atoms with E-state index in [9.17, 15) is 9.90 Å². The van der Waals surface area contributed by atoms with Crippen LogP contribution in [0.1, 0.15) is 19.8 Å². The summed E-state index contributed by atoms with van der Waals surface area (Å²) in [7, 11) is 0. The van der Waals surface area contributed by atoms with E-state index in [2.05, 4.69) is 10.6 Å². The zero-order chi connectivity index (χ0) is 16.7. The van der Waals surface area contributed by atoms with Gasteiger partial charge in [-0.25, -0.2) is 4.79 Å². The van der Waals surface area contributed by atoms with Crippen molar-refractivity contribution in [3.63, 3.8) is 0 Å². The van der Waals surface area contributed by atoms with E-state index < -0.39 is 5.60 Å². The lowest BCUT2D eigenvalue weighted by Gasteiger charge is -2.23. The van der Waals surface area contributed by atoms with Crippen LogP contribution >= 0.6 is 0 Å². The fraction of sp³-hybridized carbons (Fsp3) is 0.353. The molecular weight excluding hydrogens is 296 g/mol. The highest BCUT2D eigenvalue weighted by Gasteiger charge is 2.20. The minimum atomic E-state index is -1.04. The van der Waals surface area contributed by atoms with E-state index in [4.69, 9.17) is 9.52 Å². The van der Waals surface area contributed by atoms with Crippen LogP contribution in [0.25, 0.3) is 11.3 Å². The molecule has 0 spiro atoms. The maximum Gasteiger partial charge on any atom is 0.319 e. The smallest absolute Gasteiger partial charge is 0.319 e. The third-order valence-electron chi connectivity index (χ3n) is 3.45.